The molecule has 1 atom stereocenters. The summed E-state index contributed by atoms with van der Waals surface area (Å²) in [5, 5.41) is 8.08. The quantitative estimate of drug-likeness (QED) is 0.911. The largest absolute Gasteiger partial charge is 0.308 e. The lowest BCUT2D eigenvalue weighted by molar-refractivity contribution is 0.411. The number of nitrogens with one attached hydrogen (secondary N) is 1. The number of nitrogens with zero attached hydrogens (tertiary/aromatic N) is 2. The second kappa shape index (κ2) is 5.07. The molecule has 3 rings (SSSR count). The van der Waals surface area contributed by atoms with E-state index in [-0.39, 0.29) is 0 Å². The first-order chi connectivity index (χ1) is 8.74. The van der Waals surface area contributed by atoms with Crippen molar-refractivity contribution in [2.24, 2.45) is 0 Å². The zero-order valence-electron chi connectivity index (χ0n) is 10.7. The molecule has 1 N–H and O–H groups in total. The molecule has 1 fully saturated rings. The fourth-order valence-electron chi connectivity index (χ4n) is 2.38. The van der Waals surface area contributed by atoms with Crippen LogP contribution in [0, 0.1) is 13.8 Å². The molecule has 5 heteroatoms. The van der Waals surface area contributed by atoms with Crippen LogP contribution in [-0.2, 0) is 0 Å². The van der Waals surface area contributed by atoms with E-state index in [2.05, 4.69) is 29.5 Å². The van der Waals surface area contributed by atoms with Crippen molar-refractivity contribution >= 4 is 22.7 Å². The van der Waals surface area contributed by atoms with E-state index in [1.165, 1.54) is 29.1 Å². The number of hydrogen-bond acceptors (Lipinski definition) is 5. The Balaban J connectivity index is 1.86. The summed E-state index contributed by atoms with van der Waals surface area (Å²) in [7, 11) is 0. The SMILES string of the molecule is Cc1nc(C)c(-c2csc(C3CCCCN3)n2)s1. The van der Waals surface area contributed by atoms with Crippen LogP contribution in [0.3, 0.4) is 0 Å². The van der Waals surface area contributed by atoms with Gasteiger partial charge in [-0.1, -0.05) is 6.42 Å². The minimum absolute atomic E-state index is 0.465. The maximum Gasteiger partial charge on any atom is 0.110 e. The third-order valence-corrected chi connectivity index (χ3v) is 5.32. The molecule has 0 aromatic carbocycles. The first-order valence-electron chi connectivity index (χ1n) is 6.37. The lowest BCUT2D eigenvalue weighted by Gasteiger charge is -2.21. The van der Waals surface area contributed by atoms with Crippen LogP contribution in [0.1, 0.15) is 41.0 Å². The van der Waals surface area contributed by atoms with Gasteiger partial charge < -0.3 is 5.32 Å². The van der Waals surface area contributed by atoms with Crippen molar-refractivity contribution in [1.82, 2.24) is 15.3 Å². The molecular formula is C13H17N3S2. The molecule has 0 aliphatic carbocycles. The van der Waals surface area contributed by atoms with E-state index in [0.29, 0.717) is 6.04 Å². The predicted molar refractivity (Wildman–Crippen MR) is 77.3 cm³/mol. The summed E-state index contributed by atoms with van der Waals surface area (Å²) in [6, 6.07) is 0.465. The zero-order chi connectivity index (χ0) is 12.5. The molecule has 0 spiro atoms. The summed E-state index contributed by atoms with van der Waals surface area (Å²) in [5.41, 5.74) is 2.21. The Bertz CT molecular complexity index is 538. The topological polar surface area (TPSA) is 37.8 Å². The first-order valence-corrected chi connectivity index (χ1v) is 8.07. The van der Waals surface area contributed by atoms with Crippen LogP contribution in [0.5, 0.6) is 0 Å². The average molecular weight is 279 g/mol. The highest BCUT2D eigenvalue weighted by Crippen LogP contribution is 2.33. The van der Waals surface area contributed by atoms with E-state index in [0.717, 1.165) is 22.9 Å². The Morgan fingerprint density at radius 2 is 2.17 bits per heavy atom. The van der Waals surface area contributed by atoms with Gasteiger partial charge in [0.05, 0.1) is 27.3 Å². The highest BCUT2D eigenvalue weighted by Gasteiger charge is 2.19. The smallest absolute Gasteiger partial charge is 0.110 e. The van der Waals surface area contributed by atoms with Gasteiger partial charge in [-0.3, -0.25) is 0 Å². The predicted octanol–water partition coefficient (Wildman–Crippen LogP) is 3.70. The van der Waals surface area contributed by atoms with Crippen molar-refractivity contribution in [2.75, 3.05) is 6.54 Å². The van der Waals surface area contributed by atoms with E-state index < -0.39 is 0 Å². The van der Waals surface area contributed by atoms with Gasteiger partial charge in [0, 0.05) is 5.38 Å². The van der Waals surface area contributed by atoms with Gasteiger partial charge in [0.1, 0.15) is 5.01 Å². The van der Waals surface area contributed by atoms with Crippen LogP contribution < -0.4 is 5.32 Å². The molecule has 2 aromatic rings. The van der Waals surface area contributed by atoms with E-state index in [1.54, 1.807) is 22.7 Å². The summed E-state index contributed by atoms with van der Waals surface area (Å²) in [6.07, 6.45) is 3.82. The number of hydrogen-bond donors (Lipinski definition) is 1. The van der Waals surface area contributed by atoms with Gasteiger partial charge >= 0.3 is 0 Å². The van der Waals surface area contributed by atoms with E-state index in [4.69, 9.17) is 4.98 Å². The van der Waals surface area contributed by atoms with Gasteiger partial charge in [0.15, 0.2) is 0 Å². The molecule has 0 bridgehead atoms. The number of thiazole rings is 2. The Labute approximate surface area is 115 Å². The molecule has 1 aliphatic rings. The van der Waals surface area contributed by atoms with E-state index in [9.17, 15) is 0 Å². The van der Waals surface area contributed by atoms with Crippen molar-refractivity contribution in [1.29, 1.82) is 0 Å². The summed E-state index contributed by atoms with van der Waals surface area (Å²) in [5.74, 6) is 0. The normalized spacial score (nSPS) is 20.2. The second-order valence-corrected chi connectivity index (χ2v) is 6.81. The molecule has 1 saturated heterocycles. The molecule has 18 heavy (non-hydrogen) atoms. The molecule has 0 amide bonds. The highest BCUT2D eigenvalue weighted by molar-refractivity contribution is 7.16. The summed E-state index contributed by atoms with van der Waals surface area (Å²) >= 11 is 3.51. The number of aromatic nitrogens is 2. The standard InChI is InChI=1S/C13H17N3S2/c1-8-12(18-9(2)15-8)11-7-17-13(16-11)10-5-3-4-6-14-10/h7,10,14H,3-6H2,1-2H3. The molecule has 2 aromatic heterocycles. The van der Waals surface area contributed by atoms with Crippen LogP contribution in [-0.4, -0.2) is 16.5 Å². The molecule has 1 aliphatic heterocycles. The molecule has 96 valence electrons. The highest BCUT2D eigenvalue weighted by atomic mass is 32.1. The van der Waals surface area contributed by atoms with Gasteiger partial charge in [-0.05, 0) is 33.2 Å². The fraction of sp³-hybridized carbons (Fsp3) is 0.538. The minimum Gasteiger partial charge on any atom is -0.308 e. The third-order valence-electron chi connectivity index (χ3n) is 3.27. The Hall–Kier alpha value is -0.780. The lowest BCUT2D eigenvalue weighted by Crippen LogP contribution is -2.26. The third kappa shape index (κ3) is 2.35. The molecule has 0 saturated carbocycles. The lowest BCUT2D eigenvalue weighted by atomic mass is 10.1. The number of aryl methyl sites for hydroxylation is 2. The van der Waals surface area contributed by atoms with Gasteiger partial charge in [0.25, 0.3) is 0 Å². The molecular weight excluding hydrogens is 262 g/mol. The monoisotopic (exact) mass is 279 g/mol. The van der Waals surface area contributed by atoms with Gasteiger partial charge in [0.2, 0.25) is 0 Å². The van der Waals surface area contributed by atoms with Gasteiger partial charge in [-0.2, -0.15) is 0 Å². The van der Waals surface area contributed by atoms with Crippen LogP contribution in [0.4, 0.5) is 0 Å². The summed E-state index contributed by atoms with van der Waals surface area (Å²) in [6.45, 7) is 5.24. The van der Waals surface area contributed by atoms with E-state index >= 15 is 0 Å². The average Bonchev–Trinajstić information content (AvgIpc) is 2.97. The van der Waals surface area contributed by atoms with Crippen molar-refractivity contribution in [3.63, 3.8) is 0 Å². The summed E-state index contributed by atoms with van der Waals surface area (Å²) in [4.78, 5) is 10.5. The summed E-state index contributed by atoms with van der Waals surface area (Å²) < 4.78 is 0. The fourth-order valence-corrected chi connectivity index (χ4v) is 4.26. The van der Waals surface area contributed by atoms with Crippen LogP contribution in [0.2, 0.25) is 0 Å². The molecule has 3 heterocycles. The van der Waals surface area contributed by atoms with Crippen LogP contribution in [0.15, 0.2) is 5.38 Å². The Morgan fingerprint density at radius 1 is 1.28 bits per heavy atom. The van der Waals surface area contributed by atoms with E-state index in [1.807, 2.05) is 0 Å². The van der Waals surface area contributed by atoms with Crippen molar-refractivity contribution in [3.05, 3.63) is 21.1 Å². The number of rotatable bonds is 2. The van der Waals surface area contributed by atoms with Crippen molar-refractivity contribution < 1.29 is 0 Å². The van der Waals surface area contributed by atoms with Gasteiger partial charge in [-0.25, -0.2) is 9.97 Å². The first kappa shape index (κ1) is 12.3. The number of piperidine rings is 1. The van der Waals surface area contributed by atoms with Crippen molar-refractivity contribution in [3.8, 4) is 10.6 Å². The maximum atomic E-state index is 4.80. The zero-order valence-corrected chi connectivity index (χ0v) is 12.3. The Morgan fingerprint density at radius 3 is 2.83 bits per heavy atom. The molecule has 1 unspecified atom stereocenters. The second-order valence-electron chi connectivity index (χ2n) is 4.72. The maximum absolute atomic E-state index is 4.80. The van der Waals surface area contributed by atoms with Gasteiger partial charge in [-0.15, -0.1) is 22.7 Å². The van der Waals surface area contributed by atoms with Crippen molar-refractivity contribution in [2.45, 2.75) is 39.2 Å². The molecule has 3 nitrogen and oxygen atoms in total. The minimum atomic E-state index is 0.465. The molecule has 0 radical (unpaired) electrons. The Kier molecular flexibility index (Phi) is 3.46. The van der Waals surface area contributed by atoms with Crippen LogP contribution >= 0.6 is 22.7 Å². The van der Waals surface area contributed by atoms with Crippen LogP contribution in [0.25, 0.3) is 10.6 Å².